The van der Waals surface area contributed by atoms with Crippen LogP contribution in [0.15, 0.2) is 36.5 Å². The van der Waals surface area contributed by atoms with Crippen LogP contribution in [-0.2, 0) is 11.3 Å². The molecule has 0 N–H and O–H groups in total. The summed E-state index contributed by atoms with van der Waals surface area (Å²) in [5.74, 6) is 0.0936. The second-order valence-electron chi connectivity index (χ2n) is 6.41. The fraction of sp³-hybridized carbons (Fsp3) is 0.400. The van der Waals surface area contributed by atoms with E-state index in [0.29, 0.717) is 19.0 Å². The summed E-state index contributed by atoms with van der Waals surface area (Å²) in [7, 11) is 0. The van der Waals surface area contributed by atoms with Crippen molar-refractivity contribution in [3.63, 3.8) is 0 Å². The molecular weight excluding hydrogens is 298 g/mol. The largest absolute Gasteiger partial charge is 0.346 e. The molecular formula is C20H23N3O. The number of fused-ring (bicyclic) bond motifs is 1. The first-order valence-corrected chi connectivity index (χ1v) is 8.64. The fourth-order valence-electron chi connectivity index (χ4n) is 3.45. The maximum absolute atomic E-state index is 12.5. The third kappa shape index (κ3) is 3.35. The Morgan fingerprint density at radius 1 is 1.38 bits per heavy atom. The molecule has 1 aliphatic rings. The number of nitriles is 1. The van der Waals surface area contributed by atoms with Crippen LogP contribution < -0.4 is 0 Å². The number of para-hydroxylation sites is 1. The van der Waals surface area contributed by atoms with Crippen molar-refractivity contribution in [2.24, 2.45) is 0 Å². The van der Waals surface area contributed by atoms with Gasteiger partial charge in [-0.15, -0.1) is 0 Å². The Labute approximate surface area is 143 Å². The lowest BCUT2D eigenvalue weighted by molar-refractivity contribution is -0.129. The van der Waals surface area contributed by atoms with Gasteiger partial charge in [-0.3, -0.25) is 4.79 Å². The minimum atomic E-state index is 0.0936. The quantitative estimate of drug-likeness (QED) is 0.800. The van der Waals surface area contributed by atoms with Gasteiger partial charge in [-0.2, -0.15) is 5.26 Å². The van der Waals surface area contributed by atoms with Crippen molar-refractivity contribution >= 4 is 22.9 Å². The van der Waals surface area contributed by atoms with E-state index in [0.717, 1.165) is 35.9 Å². The van der Waals surface area contributed by atoms with Crippen molar-refractivity contribution in [2.45, 2.75) is 45.2 Å². The molecule has 4 nitrogen and oxygen atoms in total. The van der Waals surface area contributed by atoms with E-state index in [-0.39, 0.29) is 5.91 Å². The molecule has 1 aromatic carbocycles. The number of carbonyl (C=O) groups excluding carboxylic acids is 1. The second kappa shape index (κ2) is 7.35. The summed E-state index contributed by atoms with van der Waals surface area (Å²) in [4.78, 5) is 14.5. The zero-order valence-corrected chi connectivity index (χ0v) is 14.1. The Kier molecular flexibility index (Phi) is 5.00. The molecule has 1 unspecified atom stereocenters. The molecule has 3 rings (SSSR count). The van der Waals surface area contributed by atoms with E-state index in [1.165, 1.54) is 6.42 Å². The van der Waals surface area contributed by atoms with Gasteiger partial charge in [0, 0.05) is 47.9 Å². The maximum Gasteiger partial charge on any atom is 0.246 e. The summed E-state index contributed by atoms with van der Waals surface area (Å²) in [6.45, 7) is 3.65. The van der Waals surface area contributed by atoms with E-state index in [1.807, 2.05) is 29.3 Å². The molecule has 4 heteroatoms. The van der Waals surface area contributed by atoms with Crippen LogP contribution in [0.4, 0.5) is 0 Å². The van der Waals surface area contributed by atoms with Gasteiger partial charge in [0.05, 0.1) is 12.5 Å². The number of aromatic nitrogens is 1. The molecule has 1 atom stereocenters. The third-order valence-corrected chi connectivity index (χ3v) is 4.78. The molecule has 0 bridgehead atoms. The topological polar surface area (TPSA) is 49.0 Å². The molecule has 0 aliphatic carbocycles. The van der Waals surface area contributed by atoms with Crippen LogP contribution in [0, 0.1) is 11.3 Å². The lowest BCUT2D eigenvalue weighted by Gasteiger charge is -2.32. The summed E-state index contributed by atoms with van der Waals surface area (Å²) < 4.78 is 2.09. The molecule has 1 aromatic heterocycles. The van der Waals surface area contributed by atoms with Crippen molar-refractivity contribution in [3.8, 4) is 6.07 Å². The van der Waals surface area contributed by atoms with Gasteiger partial charge in [0.25, 0.3) is 0 Å². The van der Waals surface area contributed by atoms with Crippen molar-refractivity contribution in [1.29, 1.82) is 5.26 Å². The normalized spacial score (nSPS) is 18.2. The lowest BCUT2D eigenvalue weighted by Crippen LogP contribution is -2.41. The van der Waals surface area contributed by atoms with Gasteiger partial charge >= 0.3 is 0 Å². The number of piperidine rings is 1. The molecule has 2 aromatic rings. The van der Waals surface area contributed by atoms with Gasteiger partial charge in [0.2, 0.25) is 5.91 Å². The molecule has 0 radical (unpaired) electrons. The van der Waals surface area contributed by atoms with E-state index in [2.05, 4.69) is 29.7 Å². The van der Waals surface area contributed by atoms with Gasteiger partial charge in [0.15, 0.2) is 0 Å². The minimum absolute atomic E-state index is 0.0936. The number of likely N-dealkylation sites (tertiary alicyclic amines) is 1. The Morgan fingerprint density at radius 2 is 2.21 bits per heavy atom. The first kappa shape index (κ1) is 16.3. The number of aryl methyl sites for hydroxylation is 1. The summed E-state index contributed by atoms with van der Waals surface area (Å²) in [6, 6.07) is 10.6. The first-order valence-electron chi connectivity index (χ1n) is 8.64. The van der Waals surface area contributed by atoms with Crippen LogP contribution in [0.2, 0.25) is 0 Å². The second-order valence-corrected chi connectivity index (χ2v) is 6.41. The number of carbonyl (C=O) groups is 1. The Balaban J connectivity index is 1.84. The summed E-state index contributed by atoms with van der Waals surface area (Å²) in [6.07, 6.45) is 9.51. The Hall–Kier alpha value is -2.54. The highest BCUT2D eigenvalue weighted by Gasteiger charge is 2.21. The van der Waals surface area contributed by atoms with E-state index in [1.54, 1.807) is 6.08 Å². The predicted octanol–water partition coefficient (Wildman–Crippen LogP) is 3.97. The van der Waals surface area contributed by atoms with Crippen LogP contribution in [0.25, 0.3) is 17.0 Å². The predicted molar refractivity (Wildman–Crippen MR) is 96.2 cm³/mol. The summed E-state index contributed by atoms with van der Waals surface area (Å²) in [5.41, 5.74) is 2.13. The third-order valence-electron chi connectivity index (χ3n) is 4.78. The van der Waals surface area contributed by atoms with Crippen molar-refractivity contribution in [2.75, 3.05) is 6.54 Å². The molecule has 1 amide bonds. The average Bonchev–Trinajstić information content (AvgIpc) is 2.96. The van der Waals surface area contributed by atoms with Crippen LogP contribution in [0.3, 0.4) is 0 Å². The number of amides is 1. The van der Waals surface area contributed by atoms with Gasteiger partial charge in [-0.05, 0) is 38.3 Å². The first-order chi connectivity index (χ1) is 11.7. The SMILES string of the molecule is CC1CCCCN1C(=O)/C=C/c1cn(CCC#N)c2ccccc12. The standard InChI is InChI=1S/C20H23N3O/c1-16-7-4-5-14-23(16)20(24)11-10-17-15-22(13-6-12-21)19-9-3-2-8-18(17)19/h2-3,8-11,15-16H,4-7,13-14H2,1H3/b11-10+. The zero-order chi connectivity index (χ0) is 16.9. The van der Waals surface area contributed by atoms with Gasteiger partial charge in [-0.1, -0.05) is 18.2 Å². The van der Waals surface area contributed by atoms with Crippen LogP contribution in [0.1, 0.15) is 38.2 Å². The minimum Gasteiger partial charge on any atom is -0.346 e. The highest BCUT2D eigenvalue weighted by atomic mass is 16.2. The highest BCUT2D eigenvalue weighted by Crippen LogP contribution is 2.23. The van der Waals surface area contributed by atoms with Crippen molar-refractivity contribution in [1.82, 2.24) is 9.47 Å². The number of benzene rings is 1. The number of nitrogens with zero attached hydrogens (tertiary/aromatic N) is 3. The molecule has 2 heterocycles. The summed E-state index contributed by atoms with van der Waals surface area (Å²) >= 11 is 0. The number of hydrogen-bond donors (Lipinski definition) is 0. The van der Waals surface area contributed by atoms with Gasteiger partial charge < -0.3 is 9.47 Å². The van der Waals surface area contributed by atoms with E-state index < -0.39 is 0 Å². The summed E-state index contributed by atoms with van der Waals surface area (Å²) in [5, 5.41) is 9.94. The average molecular weight is 321 g/mol. The van der Waals surface area contributed by atoms with Crippen LogP contribution in [-0.4, -0.2) is 28.0 Å². The van der Waals surface area contributed by atoms with Gasteiger partial charge in [-0.25, -0.2) is 0 Å². The molecule has 1 fully saturated rings. The lowest BCUT2D eigenvalue weighted by atomic mass is 10.0. The fourth-order valence-corrected chi connectivity index (χ4v) is 3.45. The Bertz CT molecular complexity index is 797. The highest BCUT2D eigenvalue weighted by molar-refractivity contribution is 5.96. The molecule has 24 heavy (non-hydrogen) atoms. The smallest absolute Gasteiger partial charge is 0.246 e. The zero-order valence-electron chi connectivity index (χ0n) is 14.1. The van der Waals surface area contributed by atoms with Crippen LogP contribution >= 0.6 is 0 Å². The maximum atomic E-state index is 12.5. The van der Waals surface area contributed by atoms with Crippen LogP contribution in [0.5, 0.6) is 0 Å². The van der Waals surface area contributed by atoms with E-state index >= 15 is 0 Å². The number of hydrogen-bond acceptors (Lipinski definition) is 2. The Morgan fingerprint density at radius 3 is 3.00 bits per heavy atom. The van der Waals surface area contributed by atoms with Gasteiger partial charge in [0.1, 0.15) is 0 Å². The number of rotatable bonds is 4. The van der Waals surface area contributed by atoms with E-state index in [9.17, 15) is 4.79 Å². The van der Waals surface area contributed by atoms with E-state index in [4.69, 9.17) is 5.26 Å². The van der Waals surface area contributed by atoms with Crippen molar-refractivity contribution in [3.05, 3.63) is 42.1 Å². The molecule has 0 saturated carbocycles. The molecule has 1 saturated heterocycles. The van der Waals surface area contributed by atoms with Crippen molar-refractivity contribution < 1.29 is 4.79 Å². The molecule has 0 spiro atoms. The monoisotopic (exact) mass is 321 g/mol. The molecule has 1 aliphatic heterocycles. The molecule has 124 valence electrons.